The van der Waals surface area contributed by atoms with Crippen LogP contribution in [0.2, 0.25) is 0 Å². The van der Waals surface area contributed by atoms with Gasteiger partial charge >= 0.3 is 0 Å². The van der Waals surface area contributed by atoms with Crippen LogP contribution in [0.1, 0.15) is 20.8 Å². The van der Waals surface area contributed by atoms with E-state index >= 15 is 0 Å². The van der Waals surface area contributed by atoms with E-state index in [1.54, 1.807) is 0 Å². The van der Waals surface area contributed by atoms with Crippen molar-refractivity contribution in [1.82, 2.24) is 0 Å². The summed E-state index contributed by atoms with van der Waals surface area (Å²) >= 11 is 0. The largest absolute Gasteiger partial charge is 0.120 e. The SMILES string of the molecule is CC1=CC(C)=C(C)C=C=C1. The van der Waals surface area contributed by atoms with Crippen molar-refractivity contribution in [2.45, 2.75) is 20.8 Å². The zero-order valence-electron chi connectivity index (χ0n) is 6.73. The lowest BCUT2D eigenvalue weighted by Gasteiger charge is -1.94. The maximum Gasteiger partial charge on any atom is -0.0168 e. The molecule has 1 aliphatic carbocycles. The minimum atomic E-state index is 1.27. The van der Waals surface area contributed by atoms with E-state index < -0.39 is 0 Å². The van der Waals surface area contributed by atoms with Crippen molar-refractivity contribution in [2.75, 3.05) is 0 Å². The Hall–Kier alpha value is -1.00. The smallest absolute Gasteiger partial charge is 0.0168 e. The molecule has 0 spiro atoms. The molecule has 0 atom stereocenters. The van der Waals surface area contributed by atoms with Gasteiger partial charge in [0.05, 0.1) is 0 Å². The third-order valence-corrected chi connectivity index (χ3v) is 1.68. The van der Waals surface area contributed by atoms with Crippen molar-refractivity contribution in [3.05, 3.63) is 40.7 Å². The quantitative estimate of drug-likeness (QED) is 0.444. The molecule has 0 saturated heterocycles. The lowest BCUT2D eigenvalue weighted by atomic mass is 10.1. The Kier molecular flexibility index (Phi) is 1.94. The van der Waals surface area contributed by atoms with E-state index in [0.29, 0.717) is 0 Å². The van der Waals surface area contributed by atoms with Gasteiger partial charge in [-0.15, -0.1) is 5.73 Å². The van der Waals surface area contributed by atoms with Crippen LogP contribution in [-0.2, 0) is 0 Å². The molecule has 0 bridgehead atoms. The van der Waals surface area contributed by atoms with E-state index in [4.69, 9.17) is 0 Å². The van der Waals surface area contributed by atoms with Crippen LogP contribution in [0.3, 0.4) is 0 Å². The first-order valence-corrected chi connectivity index (χ1v) is 3.48. The summed E-state index contributed by atoms with van der Waals surface area (Å²) in [6, 6.07) is 0. The van der Waals surface area contributed by atoms with Crippen molar-refractivity contribution in [1.29, 1.82) is 0 Å². The van der Waals surface area contributed by atoms with Gasteiger partial charge in [0.1, 0.15) is 0 Å². The predicted molar refractivity (Wildman–Crippen MR) is 44.8 cm³/mol. The first-order chi connectivity index (χ1) is 4.70. The van der Waals surface area contributed by atoms with Crippen LogP contribution in [0, 0.1) is 0 Å². The van der Waals surface area contributed by atoms with Crippen molar-refractivity contribution in [2.24, 2.45) is 0 Å². The van der Waals surface area contributed by atoms with Gasteiger partial charge in [-0.2, -0.15) is 0 Å². The molecule has 0 aliphatic heterocycles. The molecule has 0 aromatic heterocycles. The summed E-state index contributed by atoms with van der Waals surface area (Å²) in [6.45, 7) is 6.31. The molecule has 0 unspecified atom stereocenters. The highest BCUT2D eigenvalue weighted by molar-refractivity contribution is 5.37. The number of hydrogen-bond acceptors (Lipinski definition) is 0. The van der Waals surface area contributed by atoms with Crippen molar-refractivity contribution >= 4 is 0 Å². The highest BCUT2D eigenvalue weighted by Crippen LogP contribution is 2.11. The maximum absolute atomic E-state index is 3.10. The highest BCUT2D eigenvalue weighted by Gasteiger charge is 1.92. The average Bonchev–Trinajstić information content (AvgIpc) is 1.96. The Bertz CT molecular complexity index is 256. The Morgan fingerprint density at radius 1 is 1.00 bits per heavy atom. The summed E-state index contributed by atoms with van der Waals surface area (Å²) < 4.78 is 0. The minimum Gasteiger partial charge on any atom is -0.120 e. The highest BCUT2D eigenvalue weighted by atomic mass is 14.0. The van der Waals surface area contributed by atoms with Gasteiger partial charge in [0.15, 0.2) is 0 Å². The Morgan fingerprint density at radius 3 is 2.40 bits per heavy atom. The molecule has 1 rings (SSSR count). The van der Waals surface area contributed by atoms with E-state index in [1.807, 2.05) is 12.2 Å². The van der Waals surface area contributed by atoms with E-state index in [1.165, 1.54) is 16.7 Å². The van der Waals surface area contributed by atoms with E-state index in [9.17, 15) is 0 Å². The van der Waals surface area contributed by atoms with Gasteiger partial charge < -0.3 is 0 Å². The van der Waals surface area contributed by atoms with Crippen LogP contribution >= 0.6 is 0 Å². The Balaban J connectivity index is 3.14. The van der Waals surface area contributed by atoms with Crippen LogP contribution in [0.25, 0.3) is 0 Å². The summed E-state index contributed by atoms with van der Waals surface area (Å²) in [4.78, 5) is 0. The maximum atomic E-state index is 3.10. The van der Waals surface area contributed by atoms with Crippen molar-refractivity contribution in [3.8, 4) is 0 Å². The molecule has 0 aromatic rings. The van der Waals surface area contributed by atoms with Crippen molar-refractivity contribution < 1.29 is 0 Å². The second-order valence-corrected chi connectivity index (χ2v) is 2.71. The summed E-state index contributed by atoms with van der Waals surface area (Å²) in [5.41, 5.74) is 7.00. The first kappa shape index (κ1) is 7.11. The van der Waals surface area contributed by atoms with Crippen molar-refractivity contribution in [3.63, 3.8) is 0 Å². The predicted octanol–water partition coefficient (Wildman–Crippen LogP) is 2.99. The molecule has 0 saturated carbocycles. The van der Waals surface area contributed by atoms with Crippen LogP contribution in [0.5, 0.6) is 0 Å². The molecule has 0 N–H and O–H groups in total. The molecule has 0 nitrogen and oxygen atoms in total. The van der Waals surface area contributed by atoms with Gasteiger partial charge in [0.2, 0.25) is 0 Å². The second kappa shape index (κ2) is 2.72. The summed E-state index contributed by atoms with van der Waals surface area (Å²) in [5.74, 6) is 0. The second-order valence-electron chi connectivity index (χ2n) is 2.71. The topological polar surface area (TPSA) is 0 Å². The van der Waals surface area contributed by atoms with Crippen LogP contribution in [-0.4, -0.2) is 0 Å². The standard InChI is InChI=1S/C10H12/c1-8-5-4-6-9(2)10(3)7-8/h5-7H,1-3H3. The molecule has 0 heterocycles. The molecule has 0 fully saturated rings. The van der Waals surface area contributed by atoms with Gasteiger partial charge in [-0.25, -0.2) is 0 Å². The third-order valence-electron chi connectivity index (χ3n) is 1.68. The normalized spacial score (nSPS) is 17.3. The van der Waals surface area contributed by atoms with Crippen LogP contribution in [0.4, 0.5) is 0 Å². The van der Waals surface area contributed by atoms with Gasteiger partial charge in [0, 0.05) is 0 Å². The molecular formula is C10H12. The fourth-order valence-corrected chi connectivity index (χ4v) is 0.909. The van der Waals surface area contributed by atoms with Gasteiger partial charge in [-0.3, -0.25) is 0 Å². The fourth-order valence-electron chi connectivity index (χ4n) is 0.909. The van der Waals surface area contributed by atoms with Crippen LogP contribution in [0.15, 0.2) is 40.7 Å². The summed E-state index contributed by atoms with van der Waals surface area (Å²) in [5, 5.41) is 0. The molecule has 1 aliphatic rings. The monoisotopic (exact) mass is 132 g/mol. The van der Waals surface area contributed by atoms with E-state index in [0.717, 1.165) is 0 Å². The molecule has 0 aromatic carbocycles. The summed E-state index contributed by atoms with van der Waals surface area (Å²) in [7, 11) is 0. The molecule has 10 heavy (non-hydrogen) atoms. The third kappa shape index (κ3) is 1.49. The lowest BCUT2D eigenvalue weighted by molar-refractivity contribution is 1.36. The number of rotatable bonds is 0. The number of allylic oxidation sites excluding steroid dienone is 5. The van der Waals surface area contributed by atoms with Gasteiger partial charge in [0.25, 0.3) is 0 Å². The molecule has 0 radical (unpaired) electrons. The molecular weight excluding hydrogens is 120 g/mol. The average molecular weight is 132 g/mol. The molecule has 0 heteroatoms. The fraction of sp³-hybridized carbons (Fsp3) is 0.300. The van der Waals surface area contributed by atoms with Crippen LogP contribution < -0.4 is 0 Å². The lowest BCUT2D eigenvalue weighted by Crippen LogP contribution is -1.74. The zero-order valence-corrected chi connectivity index (χ0v) is 6.73. The number of hydrogen-bond donors (Lipinski definition) is 0. The minimum absolute atomic E-state index is 1.27. The molecule has 0 amide bonds. The zero-order chi connectivity index (χ0) is 7.56. The van der Waals surface area contributed by atoms with Gasteiger partial charge in [-0.05, 0) is 49.6 Å². The first-order valence-electron chi connectivity index (χ1n) is 3.48. The molecule has 52 valence electrons. The summed E-state index contributed by atoms with van der Waals surface area (Å²) in [6.07, 6.45) is 6.19. The van der Waals surface area contributed by atoms with E-state index in [2.05, 4.69) is 32.6 Å². The Labute approximate surface area is 62.3 Å². The van der Waals surface area contributed by atoms with E-state index in [-0.39, 0.29) is 0 Å². The Morgan fingerprint density at radius 2 is 1.70 bits per heavy atom. The van der Waals surface area contributed by atoms with Gasteiger partial charge in [-0.1, -0.05) is 6.08 Å².